The Morgan fingerprint density at radius 1 is 1.61 bits per heavy atom. The van der Waals surface area contributed by atoms with E-state index in [1.165, 1.54) is 0 Å². The van der Waals surface area contributed by atoms with Gasteiger partial charge in [0.2, 0.25) is 0 Å². The van der Waals surface area contributed by atoms with Gasteiger partial charge in [-0.3, -0.25) is 9.78 Å². The molecule has 0 saturated heterocycles. The highest BCUT2D eigenvalue weighted by Gasteiger charge is 2.26. The van der Waals surface area contributed by atoms with Crippen molar-refractivity contribution in [3.05, 3.63) is 30.1 Å². The number of hydrogen-bond donors (Lipinski definition) is 1. The molecule has 1 aliphatic heterocycles. The number of hydrogen-bond acceptors (Lipinski definition) is 4. The largest absolute Gasteiger partial charge is 0.459 e. The van der Waals surface area contributed by atoms with Crippen LogP contribution in [0.3, 0.4) is 0 Å². The van der Waals surface area contributed by atoms with Gasteiger partial charge in [-0.15, -0.1) is 0 Å². The Balaban J connectivity index is 1.93. The van der Waals surface area contributed by atoms with Crippen molar-refractivity contribution < 1.29 is 9.53 Å². The summed E-state index contributed by atoms with van der Waals surface area (Å²) in [6.45, 7) is 2.39. The average Bonchev–Trinajstić information content (AvgIpc) is 2.37. The van der Waals surface area contributed by atoms with Crippen molar-refractivity contribution in [1.29, 1.82) is 0 Å². The molecule has 1 aromatic rings. The van der Waals surface area contributed by atoms with Crippen molar-refractivity contribution >= 4 is 29.0 Å². The maximum Gasteiger partial charge on any atom is 0.316 e. The van der Waals surface area contributed by atoms with Crippen LogP contribution in [-0.2, 0) is 16.1 Å². The van der Waals surface area contributed by atoms with Gasteiger partial charge in [0.1, 0.15) is 12.5 Å². The van der Waals surface area contributed by atoms with E-state index in [1.54, 1.807) is 13.1 Å². The van der Waals surface area contributed by atoms with Gasteiger partial charge in [-0.1, -0.05) is 6.07 Å². The number of pyridine rings is 1. The lowest BCUT2D eigenvalue weighted by molar-refractivity contribution is -0.147. The Morgan fingerprint density at radius 3 is 3.11 bits per heavy atom. The maximum absolute atomic E-state index is 11.9. The number of thiocarbonyl (C=S) groups is 1. The van der Waals surface area contributed by atoms with E-state index in [-0.39, 0.29) is 18.5 Å². The fourth-order valence-corrected chi connectivity index (χ4v) is 1.83. The molecule has 6 heteroatoms. The first-order chi connectivity index (χ1) is 8.66. The van der Waals surface area contributed by atoms with Crippen LogP contribution in [0.25, 0.3) is 0 Å². The molecular formula is C12H13N3O2S. The third-order valence-corrected chi connectivity index (χ3v) is 2.85. The molecule has 0 saturated carbocycles. The normalized spacial score (nSPS) is 18.8. The van der Waals surface area contributed by atoms with Crippen LogP contribution in [0.15, 0.2) is 29.4 Å². The van der Waals surface area contributed by atoms with Gasteiger partial charge < -0.3 is 10.1 Å². The third kappa shape index (κ3) is 3.10. The standard InChI is InChI=1S/C12H13N3O2S/c1-8-10(6-14-12(18)15-8)11(16)17-7-9-4-2-3-5-13-9/h2-5,10H,6-7H2,1H3,(H,14,18). The van der Waals surface area contributed by atoms with E-state index < -0.39 is 0 Å². The second-order valence-corrected chi connectivity index (χ2v) is 4.31. The number of carbonyl (C=O) groups is 1. The first-order valence-electron chi connectivity index (χ1n) is 5.56. The first-order valence-corrected chi connectivity index (χ1v) is 5.97. The minimum absolute atomic E-state index is 0.175. The Kier molecular flexibility index (Phi) is 3.99. The monoisotopic (exact) mass is 263 g/mol. The summed E-state index contributed by atoms with van der Waals surface area (Å²) in [6.07, 6.45) is 1.66. The molecule has 1 N–H and O–H groups in total. The van der Waals surface area contributed by atoms with Gasteiger partial charge in [-0.05, 0) is 31.3 Å². The molecule has 1 atom stereocenters. The fraction of sp³-hybridized carbons (Fsp3) is 0.333. The van der Waals surface area contributed by atoms with Crippen LogP contribution >= 0.6 is 12.2 Å². The Morgan fingerprint density at radius 2 is 2.44 bits per heavy atom. The predicted molar refractivity (Wildman–Crippen MR) is 71.2 cm³/mol. The number of rotatable bonds is 3. The van der Waals surface area contributed by atoms with Crippen LogP contribution in [-0.4, -0.2) is 28.3 Å². The van der Waals surface area contributed by atoms with E-state index >= 15 is 0 Å². The molecule has 0 amide bonds. The second-order valence-electron chi connectivity index (χ2n) is 3.92. The summed E-state index contributed by atoms with van der Waals surface area (Å²) in [7, 11) is 0. The summed E-state index contributed by atoms with van der Waals surface area (Å²) < 4.78 is 5.21. The lowest BCUT2D eigenvalue weighted by atomic mass is 10.0. The molecule has 1 aliphatic rings. The lowest BCUT2D eigenvalue weighted by Gasteiger charge is -2.20. The van der Waals surface area contributed by atoms with Crippen LogP contribution in [0.4, 0.5) is 0 Å². The number of aliphatic imine (C=N–C) groups is 1. The Labute approximate surface area is 110 Å². The first kappa shape index (κ1) is 12.6. The zero-order chi connectivity index (χ0) is 13.0. The van der Waals surface area contributed by atoms with Crippen molar-refractivity contribution in [1.82, 2.24) is 10.3 Å². The molecule has 1 unspecified atom stereocenters. The summed E-state index contributed by atoms with van der Waals surface area (Å²) in [6, 6.07) is 5.47. The van der Waals surface area contributed by atoms with Crippen LogP contribution < -0.4 is 5.32 Å². The molecule has 0 fully saturated rings. The molecule has 0 radical (unpaired) electrons. The zero-order valence-corrected chi connectivity index (χ0v) is 10.7. The van der Waals surface area contributed by atoms with Crippen molar-refractivity contribution in [2.24, 2.45) is 10.9 Å². The van der Waals surface area contributed by atoms with E-state index in [9.17, 15) is 4.79 Å². The number of ether oxygens (including phenoxy) is 1. The minimum Gasteiger partial charge on any atom is -0.459 e. The lowest BCUT2D eigenvalue weighted by Crippen LogP contribution is -2.41. The molecule has 0 spiro atoms. The summed E-state index contributed by atoms with van der Waals surface area (Å²) in [4.78, 5) is 20.0. The molecule has 0 bridgehead atoms. The van der Waals surface area contributed by atoms with Crippen molar-refractivity contribution in [3.63, 3.8) is 0 Å². The molecule has 2 rings (SSSR count). The Hall–Kier alpha value is -1.82. The minimum atomic E-state index is -0.375. The second kappa shape index (κ2) is 5.68. The predicted octanol–water partition coefficient (Wildman–Crippen LogP) is 1.09. The summed E-state index contributed by atoms with van der Waals surface area (Å²) in [5, 5.41) is 3.29. The van der Waals surface area contributed by atoms with Gasteiger partial charge in [0.15, 0.2) is 5.11 Å². The highest BCUT2D eigenvalue weighted by molar-refractivity contribution is 7.80. The molecular weight excluding hydrogens is 250 g/mol. The van der Waals surface area contributed by atoms with Crippen LogP contribution in [0.5, 0.6) is 0 Å². The number of nitrogens with zero attached hydrogens (tertiary/aromatic N) is 2. The molecule has 2 heterocycles. The van der Waals surface area contributed by atoms with E-state index in [4.69, 9.17) is 17.0 Å². The Bertz CT molecular complexity index is 487. The van der Waals surface area contributed by atoms with Gasteiger partial charge >= 0.3 is 5.97 Å². The SMILES string of the molecule is CC1=NC(=S)NCC1C(=O)OCc1ccccn1. The zero-order valence-electron chi connectivity index (χ0n) is 9.92. The molecule has 1 aromatic heterocycles. The average molecular weight is 263 g/mol. The van der Waals surface area contributed by atoms with Crippen molar-refractivity contribution in [2.45, 2.75) is 13.5 Å². The van der Waals surface area contributed by atoms with Crippen molar-refractivity contribution in [2.75, 3.05) is 6.54 Å². The summed E-state index contributed by atoms with van der Waals surface area (Å²) in [5.41, 5.74) is 1.41. The van der Waals surface area contributed by atoms with Gasteiger partial charge in [0.05, 0.1) is 5.69 Å². The molecule has 18 heavy (non-hydrogen) atoms. The topological polar surface area (TPSA) is 63.6 Å². The highest BCUT2D eigenvalue weighted by atomic mass is 32.1. The van der Waals surface area contributed by atoms with Gasteiger partial charge in [-0.2, -0.15) is 0 Å². The summed E-state index contributed by atoms with van der Waals surface area (Å²) in [5.74, 6) is -0.683. The van der Waals surface area contributed by atoms with Gasteiger partial charge in [0, 0.05) is 18.5 Å². The van der Waals surface area contributed by atoms with Crippen LogP contribution in [0.2, 0.25) is 0 Å². The van der Waals surface area contributed by atoms with E-state index in [1.807, 2.05) is 18.2 Å². The highest BCUT2D eigenvalue weighted by Crippen LogP contribution is 2.09. The van der Waals surface area contributed by atoms with Crippen LogP contribution in [0, 0.1) is 5.92 Å². The van der Waals surface area contributed by atoms with E-state index in [2.05, 4.69) is 15.3 Å². The number of nitrogens with one attached hydrogen (secondary N) is 1. The quantitative estimate of drug-likeness (QED) is 0.653. The molecule has 94 valence electrons. The number of esters is 1. The van der Waals surface area contributed by atoms with Gasteiger partial charge in [0.25, 0.3) is 0 Å². The van der Waals surface area contributed by atoms with Gasteiger partial charge in [-0.25, -0.2) is 4.99 Å². The number of carbonyl (C=O) groups excluding carboxylic acids is 1. The van der Waals surface area contributed by atoms with E-state index in [0.29, 0.717) is 17.4 Å². The smallest absolute Gasteiger partial charge is 0.316 e. The maximum atomic E-state index is 11.9. The summed E-state index contributed by atoms with van der Waals surface area (Å²) >= 11 is 4.90. The fourth-order valence-electron chi connectivity index (χ4n) is 1.60. The third-order valence-electron chi connectivity index (χ3n) is 2.61. The molecule has 5 nitrogen and oxygen atoms in total. The van der Waals surface area contributed by atoms with E-state index in [0.717, 1.165) is 5.69 Å². The van der Waals surface area contributed by atoms with Crippen molar-refractivity contribution in [3.8, 4) is 0 Å². The number of aromatic nitrogens is 1. The molecule has 0 aliphatic carbocycles. The van der Waals surface area contributed by atoms with Crippen LogP contribution in [0.1, 0.15) is 12.6 Å². The molecule has 0 aromatic carbocycles.